The second-order valence-corrected chi connectivity index (χ2v) is 6.45. The quantitative estimate of drug-likeness (QED) is 0.836. The van der Waals surface area contributed by atoms with Crippen LogP contribution in [0.5, 0.6) is 0 Å². The molecule has 0 unspecified atom stereocenters. The lowest BCUT2D eigenvalue weighted by molar-refractivity contribution is 1.10. The number of nitrogens with one attached hydrogen (secondary N) is 1. The lowest BCUT2D eigenvalue weighted by Gasteiger charge is -2.10. The molecule has 0 aliphatic carbocycles. The third kappa shape index (κ3) is 3.28. The Morgan fingerprint density at radius 3 is 2.94 bits per heavy atom. The van der Waals surface area contributed by atoms with Gasteiger partial charge in [0.2, 0.25) is 0 Å². The van der Waals surface area contributed by atoms with Crippen molar-refractivity contribution in [1.29, 1.82) is 0 Å². The fourth-order valence-corrected chi connectivity index (χ4v) is 2.80. The Balaban J connectivity index is 2.17. The van der Waals surface area contributed by atoms with Crippen molar-refractivity contribution in [3.8, 4) is 0 Å². The van der Waals surface area contributed by atoms with Gasteiger partial charge in [-0.1, -0.05) is 28.1 Å². The van der Waals surface area contributed by atoms with Crippen LogP contribution in [-0.2, 0) is 6.54 Å². The van der Waals surface area contributed by atoms with Crippen LogP contribution in [0.3, 0.4) is 0 Å². The van der Waals surface area contributed by atoms with Gasteiger partial charge in [0.1, 0.15) is 10.00 Å². The van der Waals surface area contributed by atoms with Crippen molar-refractivity contribution in [3.63, 3.8) is 0 Å². The Hall–Kier alpha value is -0.980. The molecule has 0 aliphatic rings. The number of nitrogens with zero attached hydrogens (tertiary/aromatic N) is 1. The Morgan fingerprint density at radius 2 is 2.33 bits per heavy atom. The molecule has 0 atom stereocenters. The molecule has 0 amide bonds. The van der Waals surface area contributed by atoms with Crippen LogP contribution in [0.25, 0.3) is 0 Å². The van der Waals surface area contributed by atoms with Crippen LogP contribution in [-0.4, -0.2) is 9.97 Å². The highest BCUT2D eigenvalue weighted by molar-refractivity contribution is 9.10. The van der Waals surface area contributed by atoms with Crippen LogP contribution in [0.2, 0.25) is 0 Å². The fourth-order valence-electron chi connectivity index (χ4n) is 1.53. The molecular weight excluding hydrogens is 330 g/mol. The molecule has 18 heavy (non-hydrogen) atoms. The third-order valence-corrected chi connectivity index (χ3v) is 3.97. The summed E-state index contributed by atoms with van der Waals surface area (Å²) in [4.78, 5) is 5.90. The molecule has 0 saturated heterocycles. The van der Waals surface area contributed by atoms with Gasteiger partial charge in [-0.2, -0.15) is 0 Å². The van der Waals surface area contributed by atoms with Gasteiger partial charge in [0, 0.05) is 26.8 Å². The number of aryl methyl sites for hydroxylation is 1. The summed E-state index contributed by atoms with van der Waals surface area (Å²) in [6.45, 7) is 2.71. The van der Waals surface area contributed by atoms with Crippen molar-refractivity contribution in [2.75, 3.05) is 5.32 Å². The monoisotopic (exact) mass is 341 g/mol. The zero-order valence-corrected chi connectivity index (χ0v) is 13.0. The summed E-state index contributed by atoms with van der Waals surface area (Å²) in [5, 5.41) is 4.36. The first-order valence-electron chi connectivity index (χ1n) is 5.31. The summed E-state index contributed by atoms with van der Waals surface area (Å²) in [5.41, 5.74) is 7.47. The molecule has 1 aromatic carbocycles. The van der Waals surface area contributed by atoms with Gasteiger partial charge < -0.3 is 11.1 Å². The minimum absolute atomic E-state index is 0.389. The van der Waals surface area contributed by atoms with Gasteiger partial charge in [-0.25, -0.2) is 4.98 Å². The fraction of sp³-hybridized carbons (Fsp3) is 0.167. The summed E-state index contributed by atoms with van der Waals surface area (Å²) in [6, 6.07) is 5.80. The summed E-state index contributed by atoms with van der Waals surface area (Å²) in [7, 11) is 0. The van der Waals surface area contributed by atoms with Gasteiger partial charge in [-0.05, 0) is 25.1 Å². The number of hydrogen-bond acceptors (Lipinski definition) is 4. The summed E-state index contributed by atoms with van der Waals surface area (Å²) in [5.74, 6) is 0. The second kappa shape index (κ2) is 5.77. The number of rotatable bonds is 4. The van der Waals surface area contributed by atoms with E-state index in [9.17, 15) is 0 Å². The molecule has 0 spiro atoms. The molecular formula is C12H12BrN3S2. The van der Waals surface area contributed by atoms with Crippen LogP contribution in [0, 0.1) is 6.92 Å². The van der Waals surface area contributed by atoms with Crippen LogP contribution < -0.4 is 11.1 Å². The van der Waals surface area contributed by atoms with E-state index in [-0.39, 0.29) is 0 Å². The molecule has 0 aliphatic heterocycles. The second-order valence-electron chi connectivity index (χ2n) is 3.77. The molecule has 94 valence electrons. The molecule has 0 bridgehead atoms. The summed E-state index contributed by atoms with van der Waals surface area (Å²) in [6.07, 6.45) is 1.87. The summed E-state index contributed by atoms with van der Waals surface area (Å²) < 4.78 is 0.986. The predicted molar refractivity (Wildman–Crippen MR) is 84.2 cm³/mol. The lowest BCUT2D eigenvalue weighted by atomic mass is 10.2. The largest absolute Gasteiger partial charge is 0.389 e. The highest BCUT2D eigenvalue weighted by atomic mass is 79.9. The third-order valence-electron chi connectivity index (χ3n) is 2.35. The number of hydrogen-bond donors (Lipinski definition) is 2. The molecule has 0 saturated carbocycles. The first-order chi connectivity index (χ1) is 8.56. The van der Waals surface area contributed by atoms with Crippen molar-refractivity contribution in [3.05, 3.63) is 44.3 Å². The molecule has 1 heterocycles. The lowest BCUT2D eigenvalue weighted by Crippen LogP contribution is -2.13. The SMILES string of the molecule is Cc1cnc(CNc2cc(Br)ccc2C(N)=S)s1. The van der Waals surface area contributed by atoms with Crippen LogP contribution in [0.4, 0.5) is 5.69 Å². The standard InChI is InChI=1S/C12H12BrN3S2/c1-7-5-16-11(18-7)6-15-10-4-8(13)2-3-9(10)12(14)17/h2-5,15H,6H2,1H3,(H2,14,17). The molecule has 3 N–H and O–H groups in total. The van der Waals surface area contributed by atoms with E-state index in [0.29, 0.717) is 11.5 Å². The van der Waals surface area contributed by atoms with Crippen molar-refractivity contribution in [1.82, 2.24) is 4.98 Å². The van der Waals surface area contributed by atoms with Crippen molar-refractivity contribution < 1.29 is 0 Å². The smallest absolute Gasteiger partial charge is 0.112 e. The first-order valence-corrected chi connectivity index (χ1v) is 7.32. The maximum absolute atomic E-state index is 5.70. The Morgan fingerprint density at radius 1 is 1.56 bits per heavy atom. The normalized spacial score (nSPS) is 10.3. The number of nitrogens with two attached hydrogens (primary N) is 1. The van der Waals surface area contributed by atoms with Crippen molar-refractivity contribution in [2.45, 2.75) is 13.5 Å². The van der Waals surface area contributed by atoms with E-state index in [2.05, 4.69) is 26.2 Å². The maximum atomic E-state index is 5.70. The minimum atomic E-state index is 0.389. The number of anilines is 1. The van der Waals surface area contributed by atoms with Gasteiger partial charge >= 0.3 is 0 Å². The molecule has 1 aromatic heterocycles. The van der Waals surface area contributed by atoms with E-state index in [1.807, 2.05) is 31.3 Å². The Labute approximate surface area is 124 Å². The average Bonchev–Trinajstić information content (AvgIpc) is 2.72. The van der Waals surface area contributed by atoms with E-state index in [4.69, 9.17) is 18.0 Å². The Kier molecular flexibility index (Phi) is 4.31. The molecule has 6 heteroatoms. The van der Waals surface area contributed by atoms with E-state index in [0.717, 1.165) is 20.7 Å². The number of aromatic nitrogens is 1. The zero-order chi connectivity index (χ0) is 13.1. The minimum Gasteiger partial charge on any atom is -0.389 e. The van der Waals surface area contributed by atoms with Gasteiger partial charge in [0.05, 0.1) is 6.54 Å². The van der Waals surface area contributed by atoms with Gasteiger partial charge in [-0.3, -0.25) is 0 Å². The van der Waals surface area contributed by atoms with Gasteiger partial charge in [0.15, 0.2) is 0 Å². The highest BCUT2D eigenvalue weighted by Crippen LogP contribution is 2.22. The summed E-state index contributed by atoms with van der Waals surface area (Å²) >= 11 is 10.2. The van der Waals surface area contributed by atoms with Gasteiger partial charge in [-0.15, -0.1) is 11.3 Å². The van der Waals surface area contributed by atoms with Crippen molar-refractivity contribution >= 4 is 50.2 Å². The molecule has 0 radical (unpaired) electrons. The van der Waals surface area contributed by atoms with E-state index in [1.54, 1.807) is 11.3 Å². The molecule has 3 nitrogen and oxygen atoms in total. The molecule has 2 aromatic rings. The van der Waals surface area contributed by atoms with Crippen LogP contribution in [0.1, 0.15) is 15.4 Å². The number of halogens is 1. The predicted octanol–water partition coefficient (Wildman–Crippen LogP) is 3.46. The molecule has 2 rings (SSSR count). The van der Waals surface area contributed by atoms with Gasteiger partial charge in [0.25, 0.3) is 0 Å². The van der Waals surface area contributed by atoms with E-state index in [1.165, 1.54) is 4.88 Å². The van der Waals surface area contributed by atoms with E-state index >= 15 is 0 Å². The average molecular weight is 342 g/mol. The topological polar surface area (TPSA) is 50.9 Å². The number of thiocarbonyl (C=S) groups is 1. The maximum Gasteiger partial charge on any atom is 0.112 e. The molecule has 0 fully saturated rings. The number of thiazole rings is 1. The Bertz CT molecular complexity index is 580. The highest BCUT2D eigenvalue weighted by Gasteiger charge is 2.06. The number of benzene rings is 1. The van der Waals surface area contributed by atoms with Crippen LogP contribution >= 0.6 is 39.5 Å². The van der Waals surface area contributed by atoms with E-state index < -0.39 is 0 Å². The zero-order valence-electron chi connectivity index (χ0n) is 9.74. The van der Waals surface area contributed by atoms with Crippen LogP contribution in [0.15, 0.2) is 28.9 Å². The van der Waals surface area contributed by atoms with Crippen molar-refractivity contribution in [2.24, 2.45) is 5.73 Å². The first kappa shape index (κ1) is 13.5.